The molecule has 5 rings (SSSR count). The second kappa shape index (κ2) is 9.47. The number of benzene rings is 4. The summed E-state index contributed by atoms with van der Waals surface area (Å²) >= 11 is 0. The Kier molecular flexibility index (Phi) is 6.20. The molecule has 182 valence electrons. The zero-order valence-electron chi connectivity index (χ0n) is 19.6. The summed E-state index contributed by atoms with van der Waals surface area (Å²) in [6, 6.07) is 26.8. The fourth-order valence-electron chi connectivity index (χ4n) is 4.48. The number of carbonyl (C=O) groups is 1. The van der Waals surface area contributed by atoms with Gasteiger partial charge >= 0.3 is 0 Å². The molecule has 1 heterocycles. The van der Waals surface area contributed by atoms with Gasteiger partial charge in [-0.2, -0.15) is 0 Å². The van der Waals surface area contributed by atoms with Crippen molar-refractivity contribution in [1.82, 2.24) is 4.57 Å². The van der Waals surface area contributed by atoms with Crippen LogP contribution in [0.5, 0.6) is 0 Å². The average Bonchev–Trinajstić information content (AvgIpc) is 3.21. The Hall–Kier alpha value is -4.17. The maximum atomic E-state index is 14.7. The van der Waals surface area contributed by atoms with Crippen LogP contribution >= 0.6 is 0 Å². The van der Waals surface area contributed by atoms with Gasteiger partial charge in [0.15, 0.2) is 0 Å². The van der Waals surface area contributed by atoms with E-state index in [1.54, 1.807) is 24.3 Å². The lowest BCUT2D eigenvalue weighted by Crippen LogP contribution is -2.38. The minimum atomic E-state index is -4.20. The number of anilines is 2. The lowest BCUT2D eigenvalue weighted by molar-refractivity contribution is -0.114. The highest BCUT2D eigenvalue weighted by Gasteiger charge is 2.29. The predicted octanol–water partition coefficient (Wildman–Crippen LogP) is 5.79. The van der Waals surface area contributed by atoms with Crippen molar-refractivity contribution in [2.75, 3.05) is 16.2 Å². The van der Waals surface area contributed by atoms with Crippen LogP contribution in [0.2, 0.25) is 0 Å². The van der Waals surface area contributed by atoms with Crippen molar-refractivity contribution in [3.8, 4) is 0 Å². The van der Waals surface area contributed by atoms with E-state index in [0.717, 1.165) is 38.7 Å². The molecule has 0 saturated carbocycles. The van der Waals surface area contributed by atoms with Crippen molar-refractivity contribution in [2.24, 2.45) is 0 Å². The number of halogens is 1. The highest BCUT2D eigenvalue weighted by atomic mass is 32.2. The fraction of sp³-hybridized carbons (Fsp3) is 0.107. The van der Waals surface area contributed by atoms with Crippen LogP contribution < -0.4 is 9.62 Å². The quantitative estimate of drug-likeness (QED) is 0.307. The van der Waals surface area contributed by atoms with Gasteiger partial charge < -0.3 is 9.88 Å². The largest absolute Gasteiger partial charge is 0.341 e. The van der Waals surface area contributed by atoms with E-state index in [4.69, 9.17) is 0 Å². The summed E-state index contributed by atoms with van der Waals surface area (Å²) in [6.07, 6.45) is 0. The molecule has 1 aromatic heterocycles. The zero-order valence-corrected chi connectivity index (χ0v) is 20.4. The van der Waals surface area contributed by atoms with Gasteiger partial charge in [0.2, 0.25) is 5.91 Å². The number of nitrogens with zero attached hydrogens (tertiary/aromatic N) is 2. The molecule has 1 N–H and O–H groups in total. The predicted molar refractivity (Wildman–Crippen MR) is 141 cm³/mol. The molecule has 8 heteroatoms. The third-order valence-corrected chi connectivity index (χ3v) is 7.89. The summed E-state index contributed by atoms with van der Waals surface area (Å²) in [5, 5.41) is 4.83. The maximum Gasteiger partial charge on any atom is 0.264 e. The fourth-order valence-corrected chi connectivity index (χ4v) is 5.93. The molecule has 36 heavy (non-hydrogen) atoms. The molecule has 0 atom stereocenters. The molecule has 1 amide bonds. The molecular weight excluding hydrogens is 477 g/mol. The van der Waals surface area contributed by atoms with E-state index in [0.29, 0.717) is 5.69 Å². The van der Waals surface area contributed by atoms with Crippen molar-refractivity contribution in [3.63, 3.8) is 0 Å². The summed E-state index contributed by atoms with van der Waals surface area (Å²) in [5.41, 5.74) is 2.46. The van der Waals surface area contributed by atoms with Gasteiger partial charge in [0.1, 0.15) is 12.4 Å². The Morgan fingerprint density at radius 1 is 0.861 bits per heavy atom. The highest BCUT2D eigenvalue weighted by molar-refractivity contribution is 7.92. The Labute approximate surface area is 208 Å². The van der Waals surface area contributed by atoms with E-state index >= 15 is 0 Å². The van der Waals surface area contributed by atoms with Crippen LogP contribution in [-0.2, 0) is 21.4 Å². The summed E-state index contributed by atoms with van der Waals surface area (Å²) in [4.78, 5) is 13.1. The molecule has 6 nitrogen and oxygen atoms in total. The number of para-hydroxylation sites is 2. The summed E-state index contributed by atoms with van der Waals surface area (Å²) in [5.74, 6) is -1.32. The van der Waals surface area contributed by atoms with E-state index in [2.05, 4.69) is 22.9 Å². The Bertz CT molecular complexity index is 1680. The highest BCUT2D eigenvalue weighted by Crippen LogP contribution is 2.31. The van der Waals surface area contributed by atoms with E-state index < -0.39 is 28.3 Å². The van der Waals surface area contributed by atoms with E-state index in [9.17, 15) is 17.6 Å². The lowest BCUT2D eigenvalue weighted by Gasteiger charge is -2.24. The van der Waals surface area contributed by atoms with E-state index in [-0.39, 0.29) is 10.6 Å². The summed E-state index contributed by atoms with van der Waals surface area (Å²) in [6.45, 7) is 2.28. The van der Waals surface area contributed by atoms with Crippen LogP contribution in [0.25, 0.3) is 21.8 Å². The third-order valence-electron chi connectivity index (χ3n) is 6.11. The number of rotatable bonds is 7. The van der Waals surface area contributed by atoms with Crippen LogP contribution in [0.3, 0.4) is 0 Å². The second-order valence-electron chi connectivity index (χ2n) is 8.32. The zero-order chi connectivity index (χ0) is 25.3. The van der Waals surface area contributed by atoms with Gasteiger partial charge in [0, 0.05) is 34.0 Å². The lowest BCUT2D eigenvalue weighted by atomic mass is 10.1. The molecule has 5 aromatic rings. The van der Waals surface area contributed by atoms with Crippen molar-refractivity contribution in [1.29, 1.82) is 0 Å². The number of fused-ring (bicyclic) bond motifs is 3. The number of carbonyl (C=O) groups excluding carboxylic acids is 1. The second-order valence-corrected chi connectivity index (χ2v) is 10.2. The molecule has 0 aliphatic carbocycles. The molecule has 0 aliphatic heterocycles. The number of hydrogen-bond donors (Lipinski definition) is 1. The first-order valence-corrected chi connectivity index (χ1v) is 13.0. The van der Waals surface area contributed by atoms with Crippen LogP contribution in [0, 0.1) is 5.82 Å². The third kappa shape index (κ3) is 4.20. The first-order chi connectivity index (χ1) is 17.4. The van der Waals surface area contributed by atoms with Crippen molar-refractivity contribution in [2.45, 2.75) is 18.4 Å². The number of aromatic nitrogens is 1. The van der Waals surface area contributed by atoms with Gasteiger partial charge in [-0.1, -0.05) is 48.5 Å². The number of hydrogen-bond acceptors (Lipinski definition) is 3. The Morgan fingerprint density at radius 3 is 2.28 bits per heavy atom. The molecule has 4 aromatic carbocycles. The number of aryl methyl sites for hydroxylation is 1. The standard InChI is InChI=1S/C28H24FN3O3S/c1-2-31-25-14-8-6-12-22(25)23-18-20(16-17-26(23)31)30-28(33)19-32(27-15-9-7-13-24(27)29)36(34,35)21-10-4-3-5-11-21/h3-18H,2,19H2,1H3,(H,30,33). The van der Waals surface area contributed by atoms with Gasteiger partial charge in [-0.05, 0) is 55.5 Å². The molecule has 0 spiro atoms. The number of nitrogens with one attached hydrogen (secondary N) is 1. The van der Waals surface area contributed by atoms with Gasteiger partial charge in [0.05, 0.1) is 10.6 Å². The van der Waals surface area contributed by atoms with Gasteiger partial charge in [-0.3, -0.25) is 9.10 Å². The van der Waals surface area contributed by atoms with Gasteiger partial charge in [-0.15, -0.1) is 0 Å². The molecule has 0 radical (unpaired) electrons. The molecule has 0 aliphatic rings. The van der Waals surface area contributed by atoms with Crippen molar-refractivity contribution < 1.29 is 17.6 Å². The topological polar surface area (TPSA) is 71.4 Å². The minimum Gasteiger partial charge on any atom is -0.341 e. The van der Waals surface area contributed by atoms with Crippen LogP contribution in [0.15, 0.2) is 102 Å². The molecule has 0 saturated heterocycles. The summed E-state index contributed by atoms with van der Waals surface area (Å²) < 4.78 is 44.5. The number of sulfonamides is 1. The molecular formula is C28H24FN3O3S. The normalized spacial score (nSPS) is 11.6. The van der Waals surface area contributed by atoms with Crippen LogP contribution in [0.4, 0.5) is 15.8 Å². The SMILES string of the molecule is CCn1c2ccccc2c2cc(NC(=O)CN(c3ccccc3F)S(=O)(=O)c3ccccc3)ccc21. The van der Waals surface area contributed by atoms with E-state index in [1.165, 1.54) is 30.3 Å². The first-order valence-electron chi connectivity index (χ1n) is 11.5. The first kappa shape index (κ1) is 23.6. The molecule has 0 fully saturated rings. The van der Waals surface area contributed by atoms with Crippen LogP contribution in [-0.4, -0.2) is 25.4 Å². The van der Waals surface area contributed by atoms with Crippen molar-refractivity contribution in [3.05, 3.63) is 103 Å². The minimum absolute atomic E-state index is 0.0325. The molecule has 0 bridgehead atoms. The average molecular weight is 502 g/mol. The summed E-state index contributed by atoms with van der Waals surface area (Å²) in [7, 11) is -4.20. The van der Waals surface area contributed by atoms with Crippen molar-refractivity contribution >= 4 is 49.1 Å². The Morgan fingerprint density at radius 2 is 1.53 bits per heavy atom. The van der Waals surface area contributed by atoms with Gasteiger partial charge in [-0.25, -0.2) is 12.8 Å². The smallest absolute Gasteiger partial charge is 0.264 e. The van der Waals surface area contributed by atoms with Gasteiger partial charge in [0.25, 0.3) is 10.0 Å². The van der Waals surface area contributed by atoms with Crippen LogP contribution in [0.1, 0.15) is 6.92 Å². The maximum absolute atomic E-state index is 14.7. The van der Waals surface area contributed by atoms with E-state index in [1.807, 2.05) is 30.3 Å². The molecule has 0 unspecified atom stereocenters. The Balaban J connectivity index is 1.49. The monoisotopic (exact) mass is 501 g/mol. The number of amides is 1.